The van der Waals surface area contributed by atoms with E-state index in [1.54, 1.807) is 0 Å². The van der Waals surface area contributed by atoms with Crippen LogP contribution in [0.15, 0.2) is 4.36 Å². The Hall–Kier alpha value is -0.590. The van der Waals surface area contributed by atoms with Crippen molar-refractivity contribution < 1.29 is 14.3 Å². The van der Waals surface area contributed by atoms with Crippen LogP contribution in [0.1, 0.15) is 0 Å². The summed E-state index contributed by atoms with van der Waals surface area (Å²) in [5.41, 5.74) is 5.16. The molecule has 0 saturated heterocycles. The van der Waals surface area contributed by atoms with Gasteiger partial charge in [0.25, 0.3) is 0 Å². The van der Waals surface area contributed by atoms with Crippen LogP contribution in [0.3, 0.4) is 0 Å². The fraction of sp³-hybridized carbons (Fsp3) is 0.833. The lowest BCUT2D eigenvalue weighted by Gasteiger charge is -2.02. The summed E-state index contributed by atoms with van der Waals surface area (Å²) in [5, 5.41) is 0. The van der Waals surface area contributed by atoms with Crippen LogP contribution in [0.2, 0.25) is 0 Å². The van der Waals surface area contributed by atoms with Crippen molar-refractivity contribution in [2.75, 3.05) is 32.9 Å². The minimum atomic E-state index is -0.429. The van der Waals surface area contributed by atoms with E-state index in [4.69, 9.17) is 10.5 Å². The number of carbonyl (C=O) groups excluding carboxylic acids is 1. The Bertz CT molecular complexity index is 143. The lowest BCUT2D eigenvalue weighted by atomic mass is 10.6. The summed E-state index contributed by atoms with van der Waals surface area (Å²) in [6, 6.07) is 0. The number of hydrogen-bond donors (Lipinski definition) is 1. The van der Waals surface area contributed by atoms with Crippen molar-refractivity contribution in [2.24, 2.45) is 10.1 Å². The van der Waals surface area contributed by atoms with Crippen LogP contribution in [0, 0.1) is 0 Å². The molecule has 0 aliphatic carbocycles. The molecule has 0 radical (unpaired) electrons. The van der Waals surface area contributed by atoms with E-state index in [0.29, 0.717) is 19.8 Å². The van der Waals surface area contributed by atoms with E-state index in [1.807, 2.05) is 0 Å². The molecule has 0 saturated carbocycles. The van der Waals surface area contributed by atoms with E-state index in [-0.39, 0.29) is 13.2 Å². The van der Waals surface area contributed by atoms with E-state index in [1.165, 1.54) is 0 Å². The van der Waals surface area contributed by atoms with E-state index in [0.717, 1.165) is 0 Å². The highest BCUT2D eigenvalue weighted by atomic mass is 32.1. The second kappa shape index (κ2) is 8.51. The zero-order chi connectivity index (χ0) is 9.23. The van der Waals surface area contributed by atoms with Gasteiger partial charge in [0.05, 0.1) is 13.2 Å². The van der Waals surface area contributed by atoms with Crippen LogP contribution in [0.4, 0.5) is 0 Å². The van der Waals surface area contributed by atoms with Gasteiger partial charge in [-0.05, 0) is 0 Å². The molecule has 0 unspecified atom stereocenters. The van der Waals surface area contributed by atoms with Gasteiger partial charge in [0.2, 0.25) is 0 Å². The number of nitrogens with zero attached hydrogens (tertiary/aromatic N) is 1. The SMILES string of the molecule is NCCOCCOC(=O)CN=S. The van der Waals surface area contributed by atoms with E-state index < -0.39 is 5.97 Å². The molecule has 0 rings (SSSR count). The lowest BCUT2D eigenvalue weighted by Crippen LogP contribution is -2.15. The maximum Gasteiger partial charge on any atom is 0.328 e. The van der Waals surface area contributed by atoms with Crippen molar-refractivity contribution in [3.05, 3.63) is 0 Å². The van der Waals surface area contributed by atoms with Crippen LogP contribution < -0.4 is 5.73 Å². The number of ether oxygens (including phenoxy) is 2. The van der Waals surface area contributed by atoms with Gasteiger partial charge in [-0.25, -0.2) is 4.36 Å². The molecule has 0 aromatic heterocycles. The largest absolute Gasteiger partial charge is 0.462 e. The Balaban J connectivity index is 3.08. The third kappa shape index (κ3) is 7.52. The van der Waals surface area contributed by atoms with Gasteiger partial charge in [0.1, 0.15) is 13.2 Å². The predicted octanol–water partition coefficient (Wildman–Crippen LogP) is -0.765. The normalized spacial score (nSPS) is 9.42. The smallest absolute Gasteiger partial charge is 0.328 e. The maximum absolute atomic E-state index is 10.6. The molecule has 0 aromatic carbocycles. The summed E-state index contributed by atoms with van der Waals surface area (Å²) in [6.45, 7) is 1.45. The molecule has 12 heavy (non-hydrogen) atoms. The molecule has 0 bridgehead atoms. The van der Waals surface area contributed by atoms with Gasteiger partial charge in [0, 0.05) is 19.0 Å². The van der Waals surface area contributed by atoms with Crippen LogP contribution >= 0.6 is 0 Å². The average Bonchev–Trinajstić information content (AvgIpc) is 2.05. The highest BCUT2D eigenvalue weighted by Gasteiger charge is 1.98. The zero-order valence-electron chi connectivity index (χ0n) is 6.69. The molecule has 0 spiro atoms. The van der Waals surface area contributed by atoms with Crippen molar-refractivity contribution >= 4 is 18.4 Å². The van der Waals surface area contributed by atoms with E-state index >= 15 is 0 Å². The Morgan fingerprint density at radius 2 is 2.17 bits per heavy atom. The van der Waals surface area contributed by atoms with Gasteiger partial charge in [-0.1, -0.05) is 0 Å². The van der Waals surface area contributed by atoms with Crippen LogP contribution in [0.25, 0.3) is 0 Å². The monoisotopic (exact) mass is 192 g/mol. The fourth-order valence-electron chi connectivity index (χ4n) is 0.498. The number of nitrogens with two attached hydrogens (primary N) is 1. The van der Waals surface area contributed by atoms with Gasteiger partial charge in [0.15, 0.2) is 0 Å². The molecule has 2 N–H and O–H groups in total. The molecular formula is C6H12N2O3S. The summed E-state index contributed by atoms with van der Waals surface area (Å²) < 4.78 is 12.8. The number of carbonyl (C=O) groups is 1. The topological polar surface area (TPSA) is 73.9 Å². The molecular weight excluding hydrogens is 180 g/mol. The second-order valence-electron chi connectivity index (χ2n) is 1.91. The number of esters is 1. The minimum Gasteiger partial charge on any atom is -0.462 e. The van der Waals surface area contributed by atoms with Crippen LogP contribution in [-0.4, -0.2) is 38.9 Å². The van der Waals surface area contributed by atoms with Crippen LogP contribution in [0.5, 0.6) is 0 Å². The minimum absolute atomic E-state index is 0.0772. The molecule has 0 heterocycles. The predicted molar refractivity (Wildman–Crippen MR) is 45.5 cm³/mol. The van der Waals surface area contributed by atoms with Gasteiger partial charge in [-0.15, -0.1) is 0 Å². The highest BCUT2D eigenvalue weighted by Crippen LogP contribution is 1.81. The molecule has 0 atom stereocenters. The lowest BCUT2D eigenvalue weighted by molar-refractivity contribution is -0.143. The van der Waals surface area contributed by atoms with Crippen molar-refractivity contribution in [1.82, 2.24) is 0 Å². The third-order valence-corrected chi connectivity index (χ3v) is 1.08. The van der Waals surface area contributed by atoms with E-state index in [2.05, 4.69) is 21.5 Å². The molecule has 0 aromatic rings. The first-order valence-corrected chi connectivity index (χ1v) is 3.90. The van der Waals surface area contributed by atoms with Gasteiger partial charge in [-0.3, -0.25) is 4.79 Å². The summed E-state index contributed by atoms with van der Waals surface area (Å²) in [5.74, 6) is -0.429. The molecule has 0 aliphatic heterocycles. The summed E-state index contributed by atoms with van der Waals surface area (Å²) >= 11 is 4.23. The van der Waals surface area contributed by atoms with Gasteiger partial charge < -0.3 is 15.2 Å². The Kier molecular flexibility index (Phi) is 8.09. The van der Waals surface area contributed by atoms with Crippen molar-refractivity contribution in [3.8, 4) is 0 Å². The average molecular weight is 192 g/mol. The second-order valence-corrected chi connectivity index (χ2v) is 2.17. The zero-order valence-corrected chi connectivity index (χ0v) is 7.51. The Morgan fingerprint density at radius 1 is 1.42 bits per heavy atom. The molecule has 0 fully saturated rings. The standard InChI is InChI=1S/C6H12N2O3S/c7-1-2-10-3-4-11-6(9)5-8-12/h1-5,7H2. The number of rotatable bonds is 7. The van der Waals surface area contributed by atoms with Gasteiger partial charge in [-0.2, -0.15) is 0 Å². The maximum atomic E-state index is 10.6. The first-order chi connectivity index (χ1) is 5.81. The number of hydrogen-bond acceptors (Lipinski definition) is 6. The Morgan fingerprint density at radius 3 is 2.75 bits per heavy atom. The summed E-state index contributed by atoms with van der Waals surface area (Å²) in [6.07, 6.45) is 0. The molecule has 0 aliphatic rings. The highest BCUT2D eigenvalue weighted by molar-refractivity contribution is 7.47. The Labute approximate surface area is 76.4 Å². The summed E-state index contributed by atoms with van der Waals surface area (Å²) in [7, 11) is 0. The fourth-order valence-corrected chi connectivity index (χ4v) is 0.604. The molecule has 70 valence electrons. The van der Waals surface area contributed by atoms with Crippen LogP contribution in [-0.2, 0) is 26.7 Å². The molecule has 6 heteroatoms. The quantitative estimate of drug-likeness (QED) is 0.424. The first-order valence-electron chi connectivity index (χ1n) is 3.53. The van der Waals surface area contributed by atoms with Crippen molar-refractivity contribution in [2.45, 2.75) is 0 Å². The van der Waals surface area contributed by atoms with Crippen molar-refractivity contribution in [1.29, 1.82) is 0 Å². The van der Waals surface area contributed by atoms with Gasteiger partial charge >= 0.3 is 5.97 Å². The summed E-state index contributed by atoms with van der Waals surface area (Å²) in [4.78, 5) is 10.6. The molecule has 5 nitrogen and oxygen atoms in total. The first kappa shape index (κ1) is 11.4. The third-order valence-electron chi connectivity index (χ3n) is 0.947. The van der Waals surface area contributed by atoms with Crippen molar-refractivity contribution in [3.63, 3.8) is 0 Å². The van der Waals surface area contributed by atoms with E-state index in [9.17, 15) is 4.79 Å². The molecule has 0 amide bonds.